The normalized spacial score (nSPS) is 10.9. The lowest BCUT2D eigenvalue weighted by Crippen LogP contribution is -2.35. The van der Waals surface area contributed by atoms with Crippen molar-refractivity contribution < 1.29 is 19.8 Å². The summed E-state index contributed by atoms with van der Waals surface area (Å²) >= 11 is 0. The zero-order valence-corrected chi connectivity index (χ0v) is 24.1. The summed E-state index contributed by atoms with van der Waals surface area (Å²) in [7, 11) is 3.88. The van der Waals surface area contributed by atoms with Gasteiger partial charge in [0.25, 0.3) is 11.8 Å². The van der Waals surface area contributed by atoms with Gasteiger partial charge in [0.05, 0.1) is 29.9 Å². The highest BCUT2D eigenvalue weighted by molar-refractivity contribution is 6.08. The fourth-order valence-corrected chi connectivity index (χ4v) is 4.79. The summed E-state index contributed by atoms with van der Waals surface area (Å²) in [5.41, 5.74) is 5.42. The molecule has 220 valence electrons. The van der Waals surface area contributed by atoms with Crippen molar-refractivity contribution in [2.24, 2.45) is 0 Å². The van der Waals surface area contributed by atoms with E-state index in [-0.39, 0.29) is 25.0 Å². The summed E-state index contributed by atoms with van der Waals surface area (Å²) in [5, 5.41) is 23.3. The van der Waals surface area contributed by atoms with E-state index < -0.39 is 0 Å². The Morgan fingerprint density at radius 1 is 0.744 bits per heavy atom. The molecule has 5 aromatic rings. The number of nitrogens with one attached hydrogen (secondary N) is 1. The molecule has 10 nitrogen and oxygen atoms in total. The molecule has 3 N–H and O–H groups in total. The second-order valence-electron chi connectivity index (χ2n) is 10.1. The van der Waals surface area contributed by atoms with Gasteiger partial charge in [0.15, 0.2) is 0 Å². The minimum Gasteiger partial charge on any atom is -0.395 e. The molecular formula is C33H34N6O4. The van der Waals surface area contributed by atoms with Crippen molar-refractivity contribution in [1.82, 2.24) is 9.66 Å². The van der Waals surface area contributed by atoms with Crippen LogP contribution in [0.1, 0.15) is 20.7 Å². The number of para-hydroxylation sites is 2. The lowest BCUT2D eigenvalue weighted by Gasteiger charge is -2.27. The first kappa shape index (κ1) is 29.3. The van der Waals surface area contributed by atoms with Crippen LogP contribution in [0.3, 0.4) is 0 Å². The topological polar surface area (TPSA) is 114 Å². The van der Waals surface area contributed by atoms with Crippen LogP contribution in [0.25, 0.3) is 11.0 Å². The number of fused-ring (bicyclic) bond motifs is 1. The first-order valence-corrected chi connectivity index (χ1v) is 13.9. The third-order valence-electron chi connectivity index (χ3n) is 7.08. The van der Waals surface area contributed by atoms with Gasteiger partial charge in [0.2, 0.25) is 0 Å². The maximum absolute atomic E-state index is 14.1. The summed E-state index contributed by atoms with van der Waals surface area (Å²) in [6.07, 6.45) is 1.61. The first-order chi connectivity index (χ1) is 20.9. The molecule has 1 aromatic heterocycles. The van der Waals surface area contributed by atoms with Gasteiger partial charge in [-0.15, -0.1) is 0 Å². The largest absolute Gasteiger partial charge is 0.395 e. The molecule has 43 heavy (non-hydrogen) atoms. The summed E-state index contributed by atoms with van der Waals surface area (Å²) < 4.78 is 1.71. The van der Waals surface area contributed by atoms with Crippen LogP contribution in [0, 0.1) is 0 Å². The number of aromatic nitrogens is 2. The molecule has 0 aliphatic heterocycles. The third kappa shape index (κ3) is 6.50. The number of nitrogens with zero attached hydrogens (tertiary/aromatic N) is 5. The smallest absolute Gasteiger partial charge is 0.277 e. The van der Waals surface area contributed by atoms with E-state index in [1.165, 1.54) is 0 Å². The van der Waals surface area contributed by atoms with Crippen molar-refractivity contribution in [1.29, 1.82) is 0 Å². The Morgan fingerprint density at radius 2 is 1.33 bits per heavy atom. The number of hydrogen-bond acceptors (Lipinski definition) is 7. The second-order valence-corrected chi connectivity index (χ2v) is 10.1. The standard InChI is InChI=1S/C33H34N6O4/c1-36(2)27-13-9-24(10-14-27)32(42)35-26-11-7-25(8-12-26)33(43)39(38-23-34-30-5-3-4-6-31(30)38)29-17-15-28(16-18-29)37(19-21-40)20-22-41/h3-18,23,40-41H,19-22H2,1-2H3,(H,35,42). The SMILES string of the molecule is CN(C)c1ccc(C(=O)Nc2ccc(C(=O)N(c3ccc(N(CCO)CCO)cc3)n3cnc4ccccc43)cc2)cc1. The number of benzene rings is 4. The quantitative estimate of drug-likeness (QED) is 0.215. The van der Waals surface area contributed by atoms with Crippen molar-refractivity contribution in [2.75, 3.05) is 60.5 Å². The highest BCUT2D eigenvalue weighted by atomic mass is 16.3. The first-order valence-electron chi connectivity index (χ1n) is 13.9. The number of aliphatic hydroxyl groups is 2. The number of rotatable bonds is 11. The number of imidazole rings is 1. The molecule has 4 aromatic carbocycles. The summed E-state index contributed by atoms with van der Waals surface area (Å²) in [6, 6.07) is 29.0. The van der Waals surface area contributed by atoms with Crippen LogP contribution < -0.4 is 20.1 Å². The third-order valence-corrected chi connectivity index (χ3v) is 7.08. The summed E-state index contributed by atoms with van der Waals surface area (Å²) in [4.78, 5) is 35.2. The summed E-state index contributed by atoms with van der Waals surface area (Å²) in [5.74, 6) is -0.539. The van der Waals surface area contributed by atoms with Crippen LogP contribution in [0.15, 0.2) is 103 Å². The number of carbonyl (C=O) groups is 2. The van der Waals surface area contributed by atoms with Gasteiger partial charge in [-0.3, -0.25) is 9.59 Å². The molecule has 0 spiro atoms. The fraction of sp³-hybridized carbons (Fsp3) is 0.182. The van der Waals surface area contributed by atoms with Gasteiger partial charge in [-0.25, -0.2) is 14.7 Å². The zero-order chi connectivity index (χ0) is 30.3. The monoisotopic (exact) mass is 578 g/mol. The Bertz CT molecular complexity index is 1680. The maximum Gasteiger partial charge on any atom is 0.277 e. The maximum atomic E-state index is 14.1. The predicted octanol–water partition coefficient (Wildman–Crippen LogP) is 4.26. The van der Waals surface area contributed by atoms with E-state index in [0.29, 0.717) is 35.6 Å². The van der Waals surface area contributed by atoms with E-state index in [9.17, 15) is 19.8 Å². The number of amides is 2. The van der Waals surface area contributed by atoms with Gasteiger partial charge in [-0.2, -0.15) is 0 Å². The molecule has 0 atom stereocenters. The van der Waals surface area contributed by atoms with Crippen molar-refractivity contribution in [3.63, 3.8) is 0 Å². The molecule has 1 heterocycles. The molecule has 2 amide bonds. The van der Waals surface area contributed by atoms with E-state index >= 15 is 0 Å². The molecule has 0 fully saturated rings. The molecule has 0 saturated heterocycles. The summed E-state index contributed by atoms with van der Waals surface area (Å²) in [6.45, 7) is 0.650. The van der Waals surface area contributed by atoms with E-state index in [0.717, 1.165) is 22.4 Å². The highest BCUT2D eigenvalue weighted by Crippen LogP contribution is 2.26. The number of aliphatic hydroxyl groups excluding tert-OH is 2. The van der Waals surface area contributed by atoms with Gasteiger partial charge in [-0.1, -0.05) is 12.1 Å². The molecule has 0 unspecified atom stereocenters. The van der Waals surface area contributed by atoms with Crippen LogP contribution in [-0.4, -0.2) is 72.1 Å². The number of hydrogen-bond donors (Lipinski definition) is 3. The predicted molar refractivity (Wildman–Crippen MR) is 170 cm³/mol. The fourth-order valence-electron chi connectivity index (χ4n) is 4.79. The van der Waals surface area contributed by atoms with Crippen LogP contribution in [0.5, 0.6) is 0 Å². The van der Waals surface area contributed by atoms with Crippen molar-refractivity contribution in [2.45, 2.75) is 0 Å². The Labute approximate surface area is 250 Å². The molecule has 0 bridgehead atoms. The van der Waals surface area contributed by atoms with Gasteiger partial charge in [0.1, 0.15) is 6.33 Å². The molecule has 0 saturated carbocycles. The van der Waals surface area contributed by atoms with Gasteiger partial charge in [-0.05, 0) is 84.9 Å². The molecular weight excluding hydrogens is 544 g/mol. The minimum absolute atomic E-state index is 0.0490. The van der Waals surface area contributed by atoms with Crippen LogP contribution in [0.4, 0.5) is 22.7 Å². The number of anilines is 4. The van der Waals surface area contributed by atoms with Gasteiger partial charge in [0, 0.05) is 55.4 Å². The minimum atomic E-state index is -0.296. The van der Waals surface area contributed by atoms with Crippen molar-refractivity contribution in [3.05, 3.63) is 115 Å². The molecule has 10 heteroatoms. The van der Waals surface area contributed by atoms with E-state index in [1.54, 1.807) is 52.4 Å². The lowest BCUT2D eigenvalue weighted by molar-refractivity contribution is 0.0976. The van der Waals surface area contributed by atoms with Crippen LogP contribution in [0.2, 0.25) is 0 Å². The zero-order valence-electron chi connectivity index (χ0n) is 24.1. The Kier molecular flexibility index (Phi) is 8.99. The Hall–Kier alpha value is -5.19. The average Bonchev–Trinajstić information content (AvgIpc) is 3.45. The lowest BCUT2D eigenvalue weighted by atomic mass is 10.1. The number of carbonyl (C=O) groups excluding carboxylic acids is 2. The van der Waals surface area contributed by atoms with E-state index in [1.807, 2.05) is 84.6 Å². The average molecular weight is 579 g/mol. The van der Waals surface area contributed by atoms with Gasteiger partial charge < -0.3 is 25.3 Å². The van der Waals surface area contributed by atoms with Crippen LogP contribution >= 0.6 is 0 Å². The van der Waals surface area contributed by atoms with Gasteiger partial charge >= 0.3 is 0 Å². The second kappa shape index (κ2) is 13.2. The molecule has 0 aliphatic carbocycles. The Morgan fingerprint density at radius 3 is 1.95 bits per heavy atom. The van der Waals surface area contributed by atoms with Crippen molar-refractivity contribution >= 4 is 45.6 Å². The van der Waals surface area contributed by atoms with Crippen LogP contribution in [-0.2, 0) is 0 Å². The molecule has 0 aliphatic rings. The van der Waals surface area contributed by atoms with E-state index in [4.69, 9.17) is 0 Å². The molecule has 0 radical (unpaired) electrons. The van der Waals surface area contributed by atoms with E-state index in [2.05, 4.69) is 10.3 Å². The highest BCUT2D eigenvalue weighted by Gasteiger charge is 2.22. The Balaban J connectivity index is 1.42. The molecule has 5 rings (SSSR count). The van der Waals surface area contributed by atoms with Crippen molar-refractivity contribution in [3.8, 4) is 0 Å².